The van der Waals surface area contributed by atoms with Gasteiger partial charge in [-0.1, -0.05) is 11.8 Å². The van der Waals surface area contributed by atoms with Crippen LogP contribution in [0.4, 0.5) is 0 Å². The summed E-state index contributed by atoms with van der Waals surface area (Å²) in [5, 5.41) is 27.3. The standard InChI is InChI=1S/C16H15IN4O5S/c1-2-25-11-6-9(5-10(17)14(11)26-4-3-18)8-19-21-16-20-15(24)12(27-16)7-13(22)23/h5-6,8,12H,2,4,7H2,1H3,(H,22,23)(H,20,21,24). The highest BCUT2D eigenvalue weighted by Gasteiger charge is 2.32. The van der Waals surface area contributed by atoms with E-state index in [9.17, 15) is 9.59 Å². The fraction of sp³-hybridized carbons (Fsp3) is 0.312. The Morgan fingerprint density at radius 3 is 2.96 bits per heavy atom. The van der Waals surface area contributed by atoms with Gasteiger partial charge in [0.2, 0.25) is 5.91 Å². The van der Waals surface area contributed by atoms with Crippen molar-refractivity contribution in [1.82, 2.24) is 5.32 Å². The molecule has 1 saturated heterocycles. The van der Waals surface area contributed by atoms with Crippen molar-refractivity contribution in [2.45, 2.75) is 18.6 Å². The Hall–Kier alpha value is -2.33. The first-order chi connectivity index (χ1) is 12.9. The number of carbonyl (C=O) groups excluding carboxylic acids is 1. The van der Waals surface area contributed by atoms with Crippen LogP contribution in [-0.4, -0.2) is 46.8 Å². The second kappa shape index (κ2) is 10.1. The van der Waals surface area contributed by atoms with E-state index in [-0.39, 0.29) is 18.2 Å². The summed E-state index contributed by atoms with van der Waals surface area (Å²) in [6.07, 6.45) is 1.20. The number of nitrogens with one attached hydrogen (secondary N) is 1. The Kier molecular flexibility index (Phi) is 7.86. The molecule has 0 bridgehead atoms. The highest BCUT2D eigenvalue weighted by molar-refractivity contribution is 14.1. The lowest BCUT2D eigenvalue weighted by molar-refractivity contribution is -0.138. The Balaban J connectivity index is 2.14. The maximum absolute atomic E-state index is 11.7. The van der Waals surface area contributed by atoms with Crippen LogP contribution < -0.4 is 14.8 Å². The lowest BCUT2D eigenvalue weighted by atomic mass is 10.2. The van der Waals surface area contributed by atoms with Crippen LogP contribution in [0.1, 0.15) is 18.9 Å². The fourth-order valence-corrected chi connectivity index (χ4v) is 3.76. The van der Waals surface area contributed by atoms with Crippen LogP contribution in [0.3, 0.4) is 0 Å². The maximum Gasteiger partial charge on any atom is 0.305 e. The predicted molar refractivity (Wildman–Crippen MR) is 108 cm³/mol. The number of carboxylic acid groups (broad SMARTS) is 1. The molecule has 0 aliphatic carbocycles. The number of aliphatic carboxylic acids is 1. The third-order valence-electron chi connectivity index (χ3n) is 3.10. The molecule has 142 valence electrons. The molecule has 1 unspecified atom stereocenters. The van der Waals surface area contributed by atoms with Gasteiger partial charge in [0.15, 0.2) is 23.3 Å². The van der Waals surface area contributed by atoms with Crippen LogP contribution in [0.25, 0.3) is 0 Å². The minimum absolute atomic E-state index is 0.0917. The molecule has 0 saturated carbocycles. The molecule has 9 nitrogen and oxygen atoms in total. The smallest absolute Gasteiger partial charge is 0.305 e. The normalized spacial score (nSPS) is 17.7. The molecule has 0 aromatic heterocycles. The number of carboxylic acids is 1. The summed E-state index contributed by atoms with van der Waals surface area (Å²) in [6.45, 7) is 2.17. The summed E-state index contributed by atoms with van der Waals surface area (Å²) in [7, 11) is 0. The fourth-order valence-electron chi connectivity index (χ4n) is 2.06. The molecule has 1 aromatic rings. The molecular weight excluding hydrogens is 487 g/mol. The first-order valence-electron chi connectivity index (χ1n) is 7.71. The van der Waals surface area contributed by atoms with Gasteiger partial charge in [0, 0.05) is 0 Å². The highest BCUT2D eigenvalue weighted by atomic mass is 127. The predicted octanol–water partition coefficient (Wildman–Crippen LogP) is 1.99. The second-order valence-electron chi connectivity index (χ2n) is 5.05. The Bertz CT molecular complexity index is 837. The number of amidine groups is 1. The lowest BCUT2D eigenvalue weighted by Gasteiger charge is -2.12. The van der Waals surface area contributed by atoms with Crippen molar-refractivity contribution in [2.75, 3.05) is 13.2 Å². The van der Waals surface area contributed by atoms with Crippen molar-refractivity contribution in [1.29, 1.82) is 5.26 Å². The van der Waals surface area contributed by atoms with Crippen LogP contribution in [-0.2, 0) is 9.59 Å². The average Bonchev–Trinajstić information content (AvgIpc) is 2.93. The van der Waals surface area contributed by atoms with Crippen molar-refractivity contribution in [3.63, 3.8) is 0 Å². The van der Waals surface area contributed by atoms with E-state index in [0.29, 0.717) is 23.7 Å². The number of carbonyl (C=O) groups is 2. The number of nitrogens with zero attached hydrogens (tertiary/aromatic N) is 3. The van der Waals surface area contributed by atoms with Gasteiger partial charge in [-0.3, -0.25) is 9.59 Å². The van der Waals surface area contributed by atoms with Crippen LogP contribution in [0.2, 0.25) is 0 Å². The molecule has 1 aliphatic heterocycles. The lowest BCUT2D eigenvalue weighted by Crippen LogP contribution is -2.26. The Morgan fingerprint density at radius 2 is 2.30 bits per heavy atom. The van der Waals surface area contributed by atoms with E-state index < -0.39 is 17.1 Å². The van der Waals surface area contributed by atoms with Gasteiger partial charge >= 0.3 is 5.97 Å². The Morgan fingerprint density at radius 1 is 1.52 bits per heavy atom. The summed E-state index contributed by atoms with van der Waals surface area (Å²) < 4.78 is 11.7. The quantitative estimate of drug-likeness (QED) is 0.316. The number of nitriles is 1. The summed E-state index contributed by atoms with van der Waals surface area (Å²) in [4.78, 5) is 22.4. The number of hydrogen-bond donors (Lipinski definition) is 2. The summed E-state index contributed by atoms with van der Waals surface area (Å²) in [5.41, 5.74) is 0.688. The topological polar surface area (TPSA) is 133 Å². The van der Waals surface area contributed by atoms with Gasteiger partial charge < -0.3 is 19.9 Å². The van der Waals surface area contributed by atoms with E-state index in [1.807, 2.05) is 13.0 Å². The average molecular weight is 502 g/mol. The molecular formula is C16H15IN4O5S. The third kappa shape index (κ3) is 6.10. The molecule has 1 heterocycles. The van der Waals surface area contributed by atoms with Gasteiger partial charge in [0.1, 0.15) is 11.3 Å². The molecule has 1 aromatic carbocycles. The first kappa shape index (κ1) is 21.0. The van der Waals surface area contributed by atoms with Crippen LogP contribution in [0, 0.1) is 14.9 Å². The zero-order chi connectivity index (χ0) is 19.8. The van der Waals surface area contributed by atoms with Gasteiger partial charge in [-0.05, 0) is 47.2 Å². The van der Waals surface area contributed by atoms with E-state index in [4.69, 9.17) is 19.8 Å². The Labute approximate surface area is 173 Å². The molecule has 1 atom stereocenters. The van der Waals surface area contributed by atoms with E-state index in [1.165, 1.54) is 6.21 Å². The number of hydrogen-bond acceptors (Lipinski definition) is 8. The van der Waals surface area contributed by atoms with Gasteiger partial charge in [0.05, 0.1) is 22.8 Å². The van der Waals surface area contributed by atoms with Gasteiger partial charge in [0.25, 0.3) is 0 Å². The van der Waals surface area contributed by atoms with Crippen molar-refractivity contribution in [2.24, 2.45) is 10.2 Å². The van der Waals surface area contributed by atoms with Crippen molar-refractivity contribution >= 4 is 57.6 Å². The van der Waals surface area contributed by atoms with Crippen molar-refractivity contribution < 1.29 is 24.2 Å². The van der Waals surface area contributed by atoms with Crippen molar-refractivity contribution in [3.05, 3.63) is 21.3 Å². The van der Waals surface area contributed by atoms with Crippen molar-refractivity contribution in [3.8, 4) is 17.6 Å². The van der Waals surface area contributed by atoms with Gasteiger partial charge in [-0.25, -0.2) is 0 Å². The number of amides is 1. The first-order valence-corrected chi connectivity index (χ1v) is 9.66. The molecule has 11 heteroatoms. The molecule has 1 amide bonds. The zero-order valence-corrected chi connectivity index (χ0v) is 17.1. The number of rotatable bonds is 8. The number of thioether (sulfide) groups is 1. The molecule has 1 fully saturated rings. The molecule has 1 aliphatic rings. The van der Waals surface area contributed by atoms with Gasteiger partial charge in [-0.2, -0.15) is 10.4 Å². The highest BCUT2D eigenvalue weighted by Crippen LogP contribution is 2.34. The van der Waals surface area contributed by atoms with Crippen LogP contribution in [0.5, 0.6) is 11.5 Å². The second-order valence-corrected chi connectivity index (χ2v) is 7.41. The molecule has 0 spiro atoms. The summed E-state index contributed by atoms with van der Waals surface area (Å²) in [6, 6.07) is 5.40. The maximum atomic E-state index is 11.7. The molecule has 2 rings (SSSR count). The van der Waals surface area contributed by atoms with E-state index in [0.717, 1.165) is 15.3 Å². The third-order valence-corrected chi connectivity index (χ3v) is 4.98. The van der Waals surface area contributed by atoms with Crippen LogP contribution >= 0.6 is 34.4 Å². The number of ether oxygens (including phenoxy) is 2. The minimum atomic E-state index is -1.05. The van der Waals surface area contributed by atoms with Crippen LogP contribution in [0.15, 0.2) is 22.3 Å². The van der Waals surface area contributed by atoms with E-state index in [1.54, 1.807) is 12.1 Å². The number of benzene rings is 1. The summed E-state index contributed by atoms with van der Waals surface area (Å²) >= 11 is 3.09. The van der Waals surface area contributed by atoms with E-state index >= 15 is 0 Å². The zero-order valence-electron chi connectivity index (χ0n) is 14.1. The SMILES string of the molecule is CCOc1cc(C=NN=C2NC(=O)C(CC(=O)O)S2)cc(I)c1OCC#N. The largest absolute Gasteiger partial charge is 0.490 e. The summed E-state index contributed by atoms with van der Waals surface area (Å²) in [5.74, 6) is -0.482. The van der Waals surface area contributed by atoms with Gasteiger partial charge in [-0.15, -0.1) is 5.10 Å². The monoisotopic (exact) mass is 502 g/mol. The molecule has 0 radical (unpaired) electrons. The van der Waals surface area contributed by atoms with E-state index in [2.05, 4.69) is 38.1 Å². The molecule has 2 N–H and O–H groups in total. The minimum Gasteiger partial charge on any atom is -0.490 e. The molecule has 27 heavy (non-hydrogen) atoms. The number of halogens is 1.